The average Bonchev–Trinajstić information content (AvgIpc) is 3.37. The molecule has 438 valence electrons. The van der Waals surface area contributed by atoms with Crippen LogP contribution in [0.15, 0.2) is 60.8 Å². The zero-order valence-electron chi connectivity index (χ0n) is 50.0. The number of hydrogen-bond acceptors (Lipinski definition) is 6. The average molecular weight is 1070 g/mol. The number of phosphoric ester groups is 1. The van der Waals surface area contributed by atoms with Crippen molar-refractivity contribution in [3.8, 4) is 0 Å². The van der Waals surface area contributed by atoms with Gasteiger partial charge in [0.15, 0.2) is 0 Å². The van der Waals surface area contributed by atoms with E-state index in [4.69, 9.17) is 13.8 Å². The first-order valence-corrected chi connectivity index (χ1v) is 33.1. The number of rotatable bonds is 57. The maximum absolute atomic E-state index is 13.5. The van der Waals surface area contributed by atoms with E-state index in [0.29, 0.717) is 17.4 Å². The first-order chi connectivity index (χ1) is 36.4. The Kier molecular flexibility index (Phi) is 53.4. The molecule has 0 aliphatic carbocycles. The fraction of sp³-hybridized carbons (Fsp3) is 0.815. The molecule has 0 fully saturated rings. The third-order valence-electron chi connectivity index (χ3n) is 13.9. The minimum atomic E-state index is -4.45. The number of allylic oxidation sites excluding steroid dienone is 9. The van der Waals surface area contributed by atoms with Gasteiger partial charge in [0.2, 0.25) is 5.91 Å². The molecule has 0 saturated heterocycles. The molecular formula is C65H122N2O7P+. The second-order valence-corrected chi connectivity index (χ2v) is 24.0. The van der Waals surface area contributed by atoms with Crippen LogP contribution in [0.25, 0.3) is 0 Å². The summed E-state index contributed by atoms with van der Waals surface area (Å²) in [6.07, 6.45) is 69.3. The predicted molar refractivity (Wildman–Crippen MR) is 323 cm³/mol. The van der Waals surface area contributed by atoms with Crippen LogP contribution in [0.5, 0.6) is 0 Å². The van der Waals surface area contributed by atoms with Crippen LogP contribution in [-0.2, 0) is 27.9 Å². The van der Waals surface area contributed by atoms with Crippen LogP contribution in [0.1, 0.15) is 290 Å². The van der Waals surface area contributed by atoms with Crippen LogP contribution in [0, 0.1) is 0 Å². The molecule has 0 saturated carbocycles. The third-order valence-corrected chi connectivity index (χ3v) is 14.9. The molecule has 2 N–H and O–H groups in total. The summed E-state index contributed by atoms with van der Waals surface area (Å²) in [5.41, 5.74) is 0. The number of esters is 1. The predicted octanol–water partition coefficient (Wildman–Crippen LogP) is 19.4. The highest BCUT2D eigenvalue weighted by Gasteiger charge is 2.30. The van der Waals surface area contributed by atoms with Crippen molar-refractivity contribution >= 4 is 19.7 Å². The normalized spacial score (nSPS) is 14.1. The van der Waals surface area contributed by atoms with E-state index in [1.54, 1.807) is 0 Å². The van der Waals surface area contributed by atoms with Crippen LogP contribution in [0.2, 0.25) is 0 Å². The maximum Gasteiger partial charge on any atom is 0.472 e. The van der Waals surface area contributed by atoms with E-state index in [2.05, 4.69) is 74.7 Å². The van der Waals surface area contributed by atoms with Crippen molar-refractivity contribution in [3.05, 3.63) is 60.8 Å². The number of carbonyl (C=O) groups excluding carboxylic acids is 2. The fourth-order valence-corrected chi connectivity index (χ4v) is 9.74. The lowest BCUT2D eigenvalue weighted by Gasteiger charge is -2.27. The van der Waals surface area contributed by atoms with E-state index >= 15 is 0 Å². The Morgan fingerprint density at radius 3 is 1.25 bits per heavy atom. The molecule has 1 amide bonds. The second kappa shape index (κ2) is 55.0. The number of amides is 1. The number of ether oxygens (including phenoxy) is 1. The van der Waals surface area contributed by atoms with Gasteiger partial charge in [-0.15, -0.1) is 0 Å². The van der Waals surface area contributed by atoms with Crippen LogP contribution in [0.3, 0.4) is 0 Å². The third kappa shape index (κ3) is 56.2. The summed E-state index contributed by atoms with van der Waals surface area (Å²) in [5, 5.41) is 3.05. The molecule has 0 aliphatic heterocycles. The Morgan fingerprint density at radius 2 is 0.813 bits per heavy atom. The van der Waals surface area contributed by atoms with E-state index in [9.17, 15) is 19.0 Å². The Labute approximate surface area is 464 Å². The first kappa shape index (κ1) is 72.7. The number of likely N-dealkylation sites (N-methyl/N-ethyl adjacent to an activating group) is 1. The largest absolute Gasteiger partial charge is 0.472 e. The standard InChI is InChI=1S/C65H121N2O7P/c1-7-10-13-16-19-22-25-27-29-31-33-35-37-39-42-45-48-51-54-57-64(68)66-62(61-73-75(70,71)72-60-59-67(4,5)6)63(56-53-50-47-44-41-24-21-18-15-12-9-3)74-65(69)58-55-52-49-46-43-40-38-36-34-32-30-28-26-23-20-17-14-11-8-2/h20,23,27-30,34,36,53,56,62-63H,7-19,21-22,24-26,31-33,35,37-52,54-55,57-61H2,1-6H3,(H-,66,68,70,71)/p+1/b23-20-,29-27+,30-28-,36-34-,56-53+. The van der Waals surface area contributed by atoms with Crippen molar-refractivity contribution in [1.82, 2.24) is 5.32 Å². The van der Waals surface area contributed by atoms with E-state index in [1.807, 2.05) is 33.3 Å². The first-order valence-electron chi connectivity index (χ1n) is 31.6. The molecule has 0 aromatic rings. The summed E-state index contributed by atoms with van der Waals surface area (Å²) >= 11 is 0. The summed E-state index contributed by atoms with van der Waals surface area (Å²) in [5.74, 6) is -0.517. The minimum absolute atomic E-state index is 0.0367. The molecule has 3 atom stereocenters. The molecule has 0 heterocycles. The highest BCUT2D eigenvalue weighted by atomic mass is 31.2. The van der Waals surface area contributed by atoms with Gasteiger partial charge in [-0.1, -0.05) is 242 Å². The summed E-state index contributed by atoms with van der Waals surface area (Å²) in [6.45, 7) is 6.98. The number of nitrogens with zero attached hydrogens (tertiary/aromatic N) is 1. The van der Waals surface area contributed by atoms with Gasteiger partial charge in [-0.2, -0.15) is 0 Å². The van der Waals surface area contributed by atoms with Crippen molar-refractivity contribution < 1.29 is 37.3 Å². The van der Waals surface area contributed by atoms with Crippen molar-refractivity contribution in [2.24, 2.45) is 0 Å². The van der Waals surface area contributed by atoms with Gasteiger partial charge < -0.3 is 19.4 Å². The van der Waals surface area contributed by atoms with Gasteiger partial charge in [-0.3, -0.25) is 18.6 Å². The molecule has 75 heavy (non-hydrogen) atoms. The Hall–Kier alpha value is -2.29. The molecule has 0 aromatic heterocycles. The van der Waals surface area contributed by atoms with Crippen LogP contribution in [0.4, 0.5) is 0 Å². The van der Waals surface area contributed by atoms with Crippen LogP contribution in [-0.4, -0.2) is 74.3 Å². The van der Waals surface area contributed by atoms with E-state index in [-0.39, 0.29) is 31.5 Å². The zero-order valence-corrected chi connectivity index (χ0v) is 50.9. The van der Waals surface area contributed by atoms with Crippen molar-refractivity contribution in [3.63, 3.8) is 0 Å². The molecule has 0 radical (unpaired) electrons. The number of nitrogens with one attached hydrogen (secondary N) is 1. The number of phosphoric acid groups is 1. The van der Waals surface area contributed by atoms with Gasteiger partial charge in [-0.25, -0.2) is 4.57 Å². The second-order valence-electron chi connectivity index (χ2n) is 22.6. The number of carbonyl (C=O) groups is 2. The van der Waals surface area contributed by atoms with Gasteiger partial charge in [0, 0.05) is 12.8 Å². The Bertz CT molecular complexity index is 1470. The lowest BCUT2D eigenvalue weighted by atomic mass is 10.0. The smallest absolute Gasteiger partial charge is 0.456 e. The van der Waals surface area contributed by atoms with Gasteiger partial charge in [0.1, 0.15) is 19.3 Å². The van der Waals surface area contributed by atoms with E-state index in [1.165, 1.54) is 173 Å². The quantitative estimate of drug-likeness (QED) is 0.0205. The van der Waals surface area contributed by atoms with Crippen LogP contribution < -0.4 is 5.32 Å². The summed E-state index contributed by atoms with van der Waals surface area (Å²) in [4.78, 5) is 37.7. The Morgan fingerprint density at radius 1 is 0.467 bits per heavy atom. The number of hydrogen-bond donors (Lipinski definition) is 2. The number of unbranched alkanes of at least 4 members (excludes halogenated alkanes) is 33. The van der Waals surface area contributed by atoms with Gasteiger partial charge in [0.05, 0.1) is 33.8 Å². The molecule has 9 nitrogen and oxygen atoms in total. The summed E-state index contributed by atoms with van der Waals surface area (Å²) in [7, 11) is 1.49. The summed E-state index contributed by atoms with van der Waals surface area (Å²) in [6, 6.07) is -0.855. The monoisotopic (exact) mass is 1070 g/mol. The molecule has 0 bridgehead atoms. The van der Waals surface area contributed by atoms with Crippen molar-refractivity contribution in [2.45, 2.75) is 303 Å². The molecule has 0 spiro atoms. The molecule has 0 aliphatic rings. The highest BCUT2D eigenvalue weighted by molar-refractivity contribution is 7.47. The Balaban J connectivity index is 5.22. The molecule has 10 heteroatoms. The lowest BCUT2D eigenvalue weighted by Crippen LogP contribution is -2.47. The van der Waals surface area contributed by atoms with Crippen LogP contribution >= 0.6 is 7.82 Å². The fourth-order valence-electron chi connectivity index (χ4n) is 9.00. The summed E-state index contributed by atoms with van der Waals surface area (Å²) < 4.78 is 30.7. The van der Waals surface area contributed by atoms with Gasteiger partial charge in [-0.05, 0) is 96.0 Å². The molecule has 0 aromatic carbocycles. The van der Waals surface area contributed by atoms with E-state index < -0.39 is 20.0 Å². The van der Waals surface area contributed by atoms with E-state index in [0.717, 1.165) is 83.5 Å². The molecule has 0 rings (SSSR count). The number of quaternary nitrogens is 1. The maximum atomic E-state index is 13.5. The zero-order chi connectivity index (χ0) is 55.0. The molecule has 3 unspecified atom stereocenters. The SMILES string of the molecule is CCCCC/C=C\C/C=C\C/C=C\CCCCCCCCC(=O)OC(/C=C/CCCCCCCCCCC)C(COP(=O)(O)OCC[N+](C)(C)C)NC(=O)CCCCCCCCCCC/C=C/CCCCCCCC. The van der Waals surface area contributed by atoms with Crippen molar-refractivity contribution in [2.75, 3.05) is 40.9 Å². The highest BCUT2D eigenvalue weighted by Crippen LogP contribution is 2.43. The van der Waals surface area contributed by atoms with Gasteiger partial charge >= 0.3 is 13.8 Å². The van der Waals surface area contributed by atoms with Crippen molar-refractivity contribution in [1.29, 1.82) is 0 Å². The minimum Gasteiger partial charge on any atom is -0.456 e. The molecular weight excluding hydrogens is 952 g/mol. The topological polar surface area (TPSA) is 111 Å². The lowest BCUT2D eigenvalue weighted by molar-refractivity contribution is -0.870. The van der Waals surface area contributed by atoms with Gasteiger partial charge in [0.25, 0.3) is 0 Å².